The van der Waals surface area contributed by atoms with E-state index in [9.17, 15) is 9.59 Å². The highest BCUT2D eigenvalue weighted by molar-refractivity contribution is 8.00. The Kier molecular flexibility index (Phi) is 4.83. The van der Waals surface area contributed by atoms with E-state index >= 15 is 0 Å². The fourth-order valence-corrected chi connectivity index (χ4v) is 4.52. The number of aryl methyl sites for hydroxylation is 1. The van der Waals surface area contributed by atoms with Gasteiger partial charge in [-0.1, -0.05) is 12.1 Å². The third-order valence-corrected chi connectivity index (χ3v) is 6.18. The van der Waals surface area contributed by atoms with Gasteiger partial charge in [-0.15, -0.1) is 11.8 Å². The van der Waals surface area contributed by atoms with Gasteiger partial charge >= 0.3 is 0 Å². The highest BCUT2D eigenvalue weighted by Crippen LogP contribution is 2.32. The van der Waals surface area contributed by atoms with Crippen LogP contribution in [-0.4, -0.2) is 48.1 Å². The van der Waals surface area contributed by atoms with E-state index in [1.54, 1.807) is 6.07 Å². The molecule has 2 aromatic rings. The van der Waals surface area contributed by atoms with Gasteiger partial charge in [0.2, 0.25) is 5.91 Å². The number of fused-ring (bicyclic) bond motifs is 1. The molecule has 0 bridgehead atoms. The molecule has 1 atom stereocenters. The number of carbonyl (C=O) groups excluding carboxylic acids is 2. The van der Waals surface area contributed by atoms with E-state index in [1.165, 1.54) is 23.0 Å². The molecule has 2 amide bonds. The molecule has 2 heterocycles. The van der Waals surface area contributed by atoms with Gasteiger partial charge in [-0.2, -0.15) is 0 Å². The second-order valence-corrected chi connectivity index (χ2v) is 8.20. The van der Waals surface area contributed by atoms with Gasteiger partial charge < -0.3 is 15.1 Å². The highest BCUT2D eigenvalue weighted by atomic mass is 32.2. The molecule has 0 saturated carbocycles. The van der Waals surface area contributed by atoms with Crippen LogP contribution in [0.15, 0.2) is 47.4 Å². The van der Waals surface area contributed by atoms with E-state index < -0.39 is 0 Å². The predicted octanol–water partition coefficient (Wildman–Crippen LogP) is 3.39. The number of thioether (sulfide) groups is 1. The summed E-state index contributed by atoms with van der Waals surface area (Å²) in [6, 6.07) is 14.3. The van der Waals surface area contributed by atoms with Gasteiger partial charge in [0.25, 0.3) is 5.91 Å². The summed E-state index contributed by atoms with van der Waals surface area (Å²) in [7, 11) is 0. The summed E-state index contributed by atoms with van der Waals surface area (Å²) in [6.07, 6.45) is 0. The zero-order valence-electron chi connectivity index (χ0n) is 15.6. The standard InChI is InChI=1S/C21H23N3O2S/c1-14-4-3-5-17(10-14)24-9-8-23(12-15(24)2)21(26)16-6-7-19-18(11-16)22-20(25)13-27-19/h3-7,10-11,15H,8-9,12-13H2,1-2H3,(H,22,25). The number of amides is 2. The molecule has 1 N–H and O–H groups in total. The van der Waals surface area contributed by atoms with Crippen molar-refractivity contribution in [3.05, 3.63) is 53.6 Å². The van der Waals surface area contributed by atoms with E-state index in [0.717, 1.165) is 17.1 Å². The van der Waals surface area contributed by atoms with Gasteiger partial charge in [0.05, 0.1) is 11.4 Å². The molecule has 6 heteroatoms. The number of hydrogen-bond acceptors (Lipinski definition) is 4. The minimum atomic E-state index is -0.0162. The van der Waals surface area contributed by atoms with Crippen LogP contribution in [0.5, 0.6) is 0 Å². The summed E-state index contributed by atoms with van der Waals surface area (Å²) in [5, 5.41) is 2.86. The second-order valence-electron chi connectivity index (χ2n) is 7.18. The molecular weight excluding hydrogens is 358 g/mol. The van der Waals surface area contributed by atoms with Crippen LogP contribution in [0.2, 0.25) is 0 Å². The smallest absolute Gasteiger partial charge is 0.254 e. The second kappa shape index (κ2) is 7.27. The number of anilines is 2. The number of piperazine rings is 1. The van der Waals surface area contributed by atoms with Crippen LogP contribution in [0.1, 0.15) is 22.8 Å². The maximum absolute atomic E-state index is 13.0. The predicted molar refractivity (Wildman–Crippen MR) is 110 cm³/mol. The summed E-state index contributed by atoms with van der Waals surface area (Å²) in [5.41, 5.74) is 3.83. The quantitative estimate of drug-likeness (QED) is 0.866. The lowest BCUT2D eigenvalue weighted by molar-refractivity contribution is -0.113. The summed E-state index contributed by atoms with van der Waals surface area (Å²) >= 11 is 1.51. The first-order valence-electron chi connectivity index (χ1n) is 9.20. The van der Waals surface area contributed by atoms with Crippen molar-refractivity contribution >= 4 is 35.0 Å². The molecule has 2 aromatic carbocycles. The lowest BCUT2D eigenvalue weighted by Crippen LogP contribution is -2.53. The molecule has 0 radical (unpaired) electrons. The first kappa shape index (κ1) is 17.9. The molecule has 2 aliphatic heterocycles. The fourth-order valence-electron chi connectivity index (χ4n) is 3.73. The van der Waals surface area contributed by atoms with Crippen molar-refractivity contribution in [2.75, 3.05) is 35.6 Å². The van der Waals surface area contributed by atoms with Gasteiger partial charge in [-0.25, -0.2) is 0 Å². The largest absolute Gasteiger partial charge is 0.365 e. The van der Waals surface area contributed by atoms with Crippen molar-refractivity contribution in [3.63, 3.8) is 0 Å². The number of hydrogen-bond donors (Lipinski definition) is 1. The normalized spacial score (nSPS) is 19.5. The summed E-state index contributed by atoms with van der Waals surface area (Å²) in [4.78, 5) is 29.9. The van der Waals surface area contributed by atoms with Crippen molar-refractivity contribution in [1.82, 2.24) is 4.90 Å². The van der Waals surface area contributed by atoms with E-state index in [2.05, 4.69) is 48.3 Å². The lowest BCUT2D eigenvalue weighted by Gasteiger charge is -2.41. The zero-order valence-corrected chi connectivity index (χ0v) is 16.4. The van der Waals surface area contributed by atoms with Crippen LogP contribution in [0.4, 0.5) is 11.4 Å². The molecule has 140 valence electrons. The molecule has 4 rings (SSSR count). The van der Waals surface area contributed by atoms with Gasteiger partial charge in [0.15, 0.2) is 0 Å². The number of nitrogens with one attached hydrogen (secondary N) is 1. The van der Waals surface area contributed by atoms with E-state index in [4.69, 9.17) is 0 Å². The monoisotopic (exact) mass is 381 g/mol. The molecule has 0 aliphatic carbocycles. The van der Waals surface area contributed by atoms with E-state index in [0.29, 0.717) is 24.4 Å². The zero-order chi connectivity index (χ0) is 19.0. The Balaban J connectivity index is 1.48. The maximum atomic E-state index is 13.0. The van der Waals surface area contributed by atoms with E-state index in [1.807, 2.05) is 17.0 Å². The van der Waals surface area contributed by atoms with Crippen LogP contribution >= 0.6 is 11.8 Å². The summed E-state index contributed by atoms with van der Waals surface area (Å²) in [5.74, 6) is 0.439. The molecule has 0 aromatic heterocycles. The SMILES string of the molecule is Cc1cccc(N2CCN(C(=O)c3ccc4c(c3)NC(=O)CS4)CC2C)c1. The van der Waals surface area contributed by atoms with Gasteiger partial charge in [0, 0.05) is 41.8 Å². The van der Waals surface area contributed by atoms with Gasteiger partial charge in [0.1, 0.15) is 0 Å². The third-order valence-electron chi connectivity index (χ3n) is 5.11. The minimum Gasteiger partial charge on any atom is -0.365 e. The van der Waals surface area contributed by atoms with Gasteiger partial charge in [-0.05, 0) is 49.7 Å². The Morgan fingerprint density at radius 1 is 1.19 bits per heavy atom. The van der Waals surface area contributed by atoms with Crippen molar-refractivity contribution in [1.29, 1.82) is 0 Å². The molecular formula is C21H23N3O2S. The first-order valence-corrected chi connectivity index (χ1v) is 10.2. The van der Waals surface area contributed by atoms with Crippen LogP contribution in [0, 0.1) is 6.92 Å². The van der Waals surface area contributed by atoms with Crippen LogP contribution in [0.25, 0.3) is 0 Å². The molecule has 2 aliphatic rings. The fraction of sp³-hybridized carbons (Fsp3) is 0.333. The number of nitrogens with zero attached hydrogens (tertiary/aromatic N) is 2. The lowest BCUT2D eigenvalue weighted by atomic mass is 10.1. The number of rotatable bonds is 2. The third kappa shape index (κ3) is 3.67. The van der Waals surface area contributed by atoms with Crippen molar-refractivity contribution in [2.45, 2.75) is 24.8 Å². The Labute approximate surface area is 163 Å². The van der Waals surface area contributed by atoms with Crippen LogP contribution < -0.4 is 10.2 Å². The van der Waals surface area contributed by atoms with E-state index in [-0.39, 0.29) is 17.9 Å². The average Bonchev–Trinajstić information content (AvgIpc) is 2.66. The molecule has 1 saturated heterocycles. The Morgan fingerprint density at radius 2 is 2.04 bits per heavy atom. The number of carbonyl (C=O) groups is 2. The maximum Gasteiger partial charge on any atom is 0.254 e. The average molecular weight is 382 g/mol. The molecule has 5 nitrogen and oxygen atoms in total. The van der Waals surface area contributed by atoms with Crippen molar-refractivity contribution in [3.8, 4) is 0 Å². The highest BCUT2D eigenvalue weighted by Gasteiger charge is 2.28. The van der Waals surface area contributed by atoms with Crippen LogP contribution in [0.3, 0.4) is 0 Å². The Morgan fingerprint density at radius 3 is 2.81 bits per heavy atom. The minimum absolute atomic E-state index is 0.0162. The molecule has 27 heavy (non-hydrogen) atoms. The first-order chi connectivity index (χ1) is 13.0. The van der Waals surface area contributed by atoms with Gasteiger partial charge in [-0.3, -0.25) is 9.59 Å². The summed E-state index contributed by atoms with van der Waals surface area (Å²) in [6.45, 7) is 6.45. The van der Waals surface area contributed by atoms with Crippen LogP contribution in [-0.2, 0) is 4.79 Å². The van der Waals surface area contributed by atoms with Crippen molar-refractivity contribution in [2.24, 2.45) is 0 Å². The Bertz CT molecular complexity index is 899. The molecule has 0 spiro atoms. The summed E-state index contributed by atoms with van der Waals surface area (Å²) < 4.78 is 0. The van der Waals surface area contributed by atoms with Crippen molar-refractivity contribution < 1.29 is 9.59 Å². The Hall–Kier alpha value is -2.47. The number of benzene rings is 2. The molecule has 1 fully saturated rings. The molecule has 1 unspecified atom stereocenters. The topological polar surface area (TPSA) is 52.6 Å².